The molecule has 0 spiro atoms. The summed E-state index contributed by atoms with van der Waals surface area (Å²) in [6.07, 6.45) is 2.04. The van der Waals surface area contributed by atoms with E-state index in [4.69, 9.17) is 4.74 Å². The van der Waals surface area contributed by atoms with Crippen LogP contribution in [-0.2, 0) is 17.8 Å². The van der Waals surface area contributed by atoms with Crippen LogP contribution in [0.5, 0.6) is 5.75 Å². The Balaban J connectivity index is 1.90. The minimum atomic E-state index is -0.0327. The third-order valence-corrected chi connectivity index (χ3v) is 3.24. The first-order valence-corrected chi connectivity index (χ1v) is 6.44. The van der Waals surface area contributed by atoms with Crippen molar-refractivity contribution in [3.05, 3.63) is 46.4 Å². The van der Waals surface area contributed by atoms with Crippen molar-refractivity contribution >= 4 is 17.2 Å². The summed E-state index contributed by atoms with van der Waals surface area (Å²) in [6.45, 7) is 0.478. The fourth-order valence-electron chi connectivity index (χ4n) is 1.60. The van der Waals surface area contributed by atoms with E-state index in [1.165, 1.54) is 11.3 Å². The van der Waals surface area contributed by atoms with Crippen LogP contribution in [0.3, 0.4) is 0 Å². The molecule has 1 N–H and O–H groups in total. The molecule has 0 fully saturated rings. The van der Waals surface area contributed by atoms with E-state index in [1.54, 1.807) is 13.3 Å². The second-order valence-corrected chi connectivity index (χ2v) is 4.67. The highest BCUT2D eigenvalue weighted by atomic mass is 32.1. The molecule has 0 saturated carbocycles. The molecule has 2 rings (SSSR count). The lowest BCUT2D eigenvalue weighted by molar-refractivity contribution is -0.120. The number of nitrogens with one attached hydrogen (secondary N) is 1. The molecule has 4 nitrogen and oxygen atoms in total. The Hall–Kier alpha value is -1.88. The molecule has 5 heteroatoms. The molecule has 94 valence electrons. The van der Waals surface area contributed by atoms with Gasteiger partial charge in [-0.15, -0.1) is 11.3 Å². The number of thiazole rings is 1. The van der Waals surface area contributed by atoms with Gasteiger partial charge in [-0.1, -0.05) is 18.2 Å². The maximum atomic E-state index is 11.8. The molecular weight excluding hydrogens is 248 g/mol. The maximum Gasteiger partial charge on any atom is 0.224 e. The highest BCUT2D eigenvalue weighted by Crippen LogP contribution is 2.17. The number of nitrogens with zero attached hydrogens (tertiary/aromatic N) is 1. The fraction of sp³-hybridized carbons (Fsp3) is 0.231. The van der Waals surface area contributed by atoms with E-state index < -0.39 is 0 Å². The molecule has 1 heterocycles. The maximum absolute atomic E-state index is 11.8. The number of carbonyl (C=O) groups excluding carboxylic acids is 1. The number of para-hydroxylation sites is 1. The molecule has 18 heavy (non-hydrogen) atoms. The first-order valence-electron chi connectivity index (χ1n) is 5.56. The molecule has 1 aromatic carbocycles. The average molecular weight is 262 g/mol. The number of hydrogen-bond acceptors (Lipinski definition) is 4. The van der Waals surface area contributed by atoms with Gasteiger partial charge in [-0.05, 0) is 6.07 Å². The standard InChI is InChI=1S/C13H14N2O2S/c1-17-11-5-3-2-4-10(11)8-12(16)15-9-13-14-6-7-18-13/h2-7H,8-9H2,1H3,(H,15,16). The average Bonchev–Trinajstić information content (AvgIpc) is 2.90. The van der Waals surface area contributed by atoms with Gasteiger partial charge in [0.1, 0.15) is 10.8 Å². The van der Waals surface area contributed by atoms with Crippen molar-refractivity contribution < 1.29 is 9.53 Å². The Bertz CT molecular complexity index is 511. The molecule has 0 aliphatic heterocycles. The van der Waals surface area contributed by atoms with Crippen LogP contribution in [0.1, 0.15) is 10.6 Å². The third kappa shape index (κ3) is 3.30. The van der Waals surface area contributed by atoms with E-state index in [0.717, 1.165) is 16.3 Å². The van der Waals surface area contributed by atoms with Crippen molar-refractivity contribution in [1.82, 2.24) is 10.3 Å². The number of aromatic nitrogens is 1. The summed E-state index contributed by atoms with van der Waals surface area (Å²) < 4.78 is 5.21. The summed E-state index contributed by atoms with van der Waals surface area (Å²) in [5.41, 5.74) is 0.886. The SMILES string of the molecule is COc1ccccc1CC(=O)NCc1nccs1. The van der Waals surface area contributed by atoms with Crippen LogP contribution in [0.15, 0.2) is 35.8 Å². The Kier molecular flexibility index (Phi) is 4.30. The third-order valence-electron chi connectivity index (χ3n) is 2.46. The number of benzene rings is 1. The summed E-state index contributed by atoms with van der Waals surface area (Å²) in [6, 6.07) is 7.52. The summed E-state index contributed by atoms with van der Waals surface area (Å²) in [5, 5.41) is 5.63. The lowest BCUT2D eigenvalue weighted by atomic mass is 10.1. The van der Waals surface area contributed by atoms with Crippen LogP contribution < -0.4 is 10.1 Å². The minimum absolute atomic E-state index is 0.0327. The summed E-state index contributed by atoms with van der Waals surface area (Å²) >= 11 is 1.53. The molecule has 0 bridgehead atoms. The zero-order valence-electron chi connectivity index (χ0n) is 10.1. The Labute approximate surface area is 110 Å². The van der Waals surface area contributed by atoms with E-state index >= 15 is 0 Å². The molecular formula is C13H14N2O2S. The van der Waals surface area contributed by atoms with Gasteiger partial charge < -0.3 is 10.1 Å². The lowest BCUT2D eigenvalue weighted by Crippen LogP contribution is -2.24. The molecule has 1 aromatic heterocycles. The van der Waals surface area contributed by atoms with Gasteiger partial charge in [0.25, 0.3) is 0 Å². The predicted octanol–water partition coefficient (Wildman–Crippen LogP) is 2.01. The first kappa shape index (κ1) is 12.6. The molecule has 0 aliphatic rings. The van der Waals surface area contributed by atoms with Crippen LogP contribution in [0.4, 0.5) is 0 Å². The molecule has 0 aliphatic carbocycles. The van der Waals surface area contributed by atoms with Crippen LogP contribution >= 0.6 is 11.3 Å². The van der Waals surface area contributed by atoms with Gasteiger partial charge in [0, 0.05) is 17.1 Å². The van der Waals surface area contributed by atoms with Gasteiger partial charge in [0.05, 0.1) is 20.1 Å². The quantitative estimate of drug-likeness (QED) is 0.896. The molecule has 0 atom stereocenters. The van der Waals surface area contributed by atoms with Gasteiger partial charge in [0.2, 0.25) is 5.91 Å². The van der Waals surface area contributed by atoms with Crippen molar-refractivity contribution in [1.29, 1.82) is 0 Å². The number of amides is 1. The van der Waals surface area contributed by atoms with Gasteiger partial charge in [-0.25, -0.2) is 4.98 Å². The monoisotopic (exact) mass is 262 g/mol. The molecule has 1 amide bonds. The van der Waals surface area contributed by atoms with Crippen LogP contribution in [0.2, 0.25) is 0 Å². The predicted molar refractivity (Wildman–Crippen MR) is 70.7 cm³/mol. The second-order valence-electron chi connectivity index (χ2n) is 3.69. The number of ether oxygens (including phenoxy) is 1. The summed E-state index contributed by atoms with van der Waals surface area (Å²) in [7, 11) is 1.60. The van der Waals surface area contributed by atoms with E-state index in [2.05, 4.69) is 10.3 Å². The Morgan fingerprint density at radius 3 is 3.00 bits per heavy atom. The smallest absolute Gasteiger partial charge is 0.224 e. The fourth-order valence-corrected chi connectivity index (χ4v) is 2.15. The second kappa shape index (κ2) is 6.16. The van der Waals surface area contributed by atoms with Crippen molar-refractivity contribution in [3.8, 4) is 5.75 Å². The molecule has 0 radical (unpaired) electrons. The van der Waals surface area contributed by atoms with E-state index in [0.29, 0.717) is 13.0 Å². The highest BCUT2D eigenvalue weighted by molar-refractivity contribution is 7.09. The van der Waals surface area contributed by atoms with Crippen LogP contribution in [0, 0.1) is 0 Å². The van der Waals surface area contributed by atoms with Crippen LogP contribution in [-0.4, -0.2) is 18.0 Å². The van der Waals surface area contributed by atoms with Crippen LogP contribution in [0.25, 0.3) is 0 Å². The zero-order valence-corrected chi connectivity index (χ0v) is 10.9. The van der Waals surface area contributed by atoms with Crippen molar-refractivity contribution in [2.45, 2.75) is 13.0 Å². The van der Waals surface area contributed by atoms with E-state index in [9.17, 15) is 4.79 Å². The number of hydrogen-bond donors (Lipinski definition) is 1. The van der Waals surface area contributed by atoms with E-state index in [1.807, 2.05) is 29.6 Å². The van der Waals surface area contributed by atoms with Gasteiger partial charge in [0.15, 0.2) is 0 Å². The number of carbonyl (C=O) groups is 1. The first-order chi connectivity index (χ1) is 8.79. The normalized spacial score (nSPS) is 10.1. The zero-order chi connectivity index (χ0) is 12.8. The topological polar surface area (TPSA) is 51.2 Å². The summed E-state index contributed by atoms with van der Waals surface area (Å²) in [5.74, 6) is 0.705. The number of rotatable bonds is 5. The molecule has 2 aromatic rings. The highest BCUT2D eigenvalue weighted by Gasteiger charge is 2.08. The van der Waals surface area contributed by atoms with Gasteiger partial charge in [-0.2, -0.15) is 0 Å². The van der Waals surface area contributed by atoms with E-state index in [-0.39, 0.29) is 5.91 Å². The minimum Gasteiger partial charge on any atom is -0.496 e. The van der Waals surface area contributed by atoms with Gasteiger partial charge in [-0.3, -0.25) is 4.79 Å². The Morgan fingerprint density at radius 1 is 1.44 bits per heavy atom. The van der Waals surface area contributed by atoms with Crippen molar-refractivity contribution in [2.75, 3.05) is 7.11 Å². The summed E-state index contributed by atoms with van der Waals surface area (Å²) in [4.78, 5) is 15.9. The lowest BCUT2D eigenvalue weighted by Gasteiger charge is -2.08. The van der Waals surface area contributed by atoms with Gasteiger partial charge >= 0.3 is 0 Å². The largest absolute Gasteiger partial charge is 0.496 e. The number of methoxy groups -OCH3 is 1. The van der Waals surface area contributed by atoms with Crippen molar-refractivity contribution in [2.24, 2.45) is 0 Å². The Morgan fingerprint density at radius 2 is 2.28 bits per heavy atom. The van der Waals surface area contributed by atoms with Crippen molar-refractivity contribution in [3.63, 3.8) is 0 Å². The molecule has 0 saturated heterocycles. The molecule has 0 unspecified atom stereocenters.